The SMILES string of the molecule is COc1ccc(CN2C(=O)CCc3cccc(F)c32)cc1. The third kappa shape index (κ3) is 2.61. The number of para-hydroxylation sites is 1. The number of halogens is 1. The van der Waals surface area contributed by atoms with Gasteiger partial charge in [-0.3, -0.25) is 4.79 Å². The molecule has 0 aliphatic carbocycles. The lowest BCUT2D eigenvalue weighted by atomic mass is 10.00. The summed E-state index contributed by atoms with van der Waals surface area (Å²) in [5, 5.41) is 0. The Morgan fingerprint density at radius 2 is 1.90 bits per heavy atom. The summed E-state index contributed by atoms with van der Waals surface area (Å²) in [5.74, 6) is 0.382. The quantitative estimate of drug-likeness (QED) is 0.866. The Morgan fingerprint density at radius 3 is 2.62 bits per heavy atom. The van der Waals surface area contributed by atoms with Gasteiger partial charge >= 0.3 is 0 Å². The molecule has 2 aromatic carbocycles. The lowest BCUT2D eigenvalue weighted by Crippen LogP contribution is -2.35. The van der Waals surface area contributed by atoms with E-state index in [0.717, 1.165) is 16.9 Å². The summed E-state index contributed by atoms with van der Waals surface area (Å²) in [4.78, 5) is 13.7. The molecular weight excluding hydrogens is 269 g/mol. The number of rotatable bonds is 3. The lowest BCUT2D eigenvalue weighted by molar-refractivity contribution is -0.119. The van der Waals surface area contributed by atoms with Crippen LogP contribution >= 0.6 is 0 Å². The molecule has 2 aromatic rings. The first kappa shape index (κ1) is 13.6. The first-order chi connectivity index (χ1) is 10.2. The number of nitrogens with zero attached hydrogens (tertiary/aromatic N) is 1. The number of aryl methyl sites for hydroxylation is 1. The maximum atomic E-state index is 14.1. The number of fused-ring (bicyclic) bond motifs is 1. The number of hydrogen-bond acceptors (Lipinski definition) is 2. The van der Waals surface area contributed by atoms with Crippen molar-refractivity contribution in [3.63, 3.8) is 0 Å². The molecule has 3 rings (SSSR count). The van der Waals surface area contributed by atoms with Gasteiger partial charge in [-0.1, -0.05) is 24.3 Å². The molecule has 3 nitrogen and oxygen atoms in total. The van der Waals surface area contributed by atoms with E-state index in [2.05, 4.69) is 0 Å². The first-order valence-corrected chi connectivity index (χ1v) is 6.89. The number of carbonyl (C=O) groups is 1. The Hall–Kier alpha value is -2.36. The van der Waals surface area contributed by atoms with Crippen LogP contribution in [0.2, 0.25) is 0 Å². The van der Waals surface area contributed by atoms with Gasteiger partial charge < -0.3 is 9.64 Å². The molecule has 0 unspecified atom stereocenters. The average Bonchev–Trinajstić information content (AvgIpc) is 2.51. The zero-order valence-corrected chi connectivity index (χ0v) is 11.8. The summed E-state index contributed by atoms with van der Waals surface area (Å²) in [6.07, 6.45) is 1.03. The second kappa shape index (κ2) is 5.56. The third-order valence-corrected chi connectivity index (χ3v) is 3.75. The topological polar surface area (TPSA) is 29.5 Å². The normalized spacial score (nSPS) is 14.0. The molecule has 1 aliphatic heterocycles. The van der Waals surface area contributed by atoms with Gasteiger partial charge in [0.05, 0.1) is 19.3 Å². The Bertz CT molecular complexity index is 667. The van der Waals surface area contributed by atoms with Crippen LogP contribution in [-0.4, -0.2) is 13.0 Å². The molecule has 0 N–H and O–H groups in total. The summed E-state index contributed by atoms with van der Waals surface area (Å²) < 4.78 is 19.2. The van der Waals surface area contributed by atoms with Crippen molar-refractivity contribution in [1.29, 1.82) is 0 Å². The Kier molecular flexibility index (Phi) is 3.60. The van der Waals surface area contributed by atoms with Gasteiger partial charge in [-0.15, -0.1) is 0 Å². The van der Waals surface area contributed by atoms with Crippen LogP contribution in [0, 0.1) is 5.82 Å². The van der Waals surface area contributed by atoms with E-state index < -0.39 is 0 Å². The van der Waals surface area contributed by atoms with Crippen LogP contribution in [0.4, 0.5) is 10.1 Å². The Labute approximate surface area is 123 Å². The van der Waals surface area contributed by atoms with E-state index in [1.807, 2.05) is 30.3 Å². The van der Waals surface area contributed by atoms with Crippen molar-refractivity contribution in [2.45, 2.75) is 19.4 Å². The largest absolute Gasteiger partial charge is 0.497 e. The highest BCUT2D eigenvalue weighted by Crippen LogP contribution is 2.31. The first-order valence-electron chi connectivity index (χ1n) is 6.89. The van der Waals surface area contributed by atoms with Crippen molar-refractivity contribution in [2.24, 2.45) is 0 Å². The van der Waals surface area contributed by atoms with Crippen molar-refractivity contribution >= 4 is 11.6 Å². The fourth-order valence-corrected chi connectivity index (χ4v) is 2.65. The molecule has 1 aliphatic rings. The third-order valence-electron chi connectivity index (χ3n) is 3.75. The number of amides is 1. The molecule has 4 heteroatoms. The van der Waals surface area contributed by atoms with Crippen molar-refractivity contribution in [3.8, 4) is 5.75 Å². The van der Waals surface area contributed by atoms with Crippen molar-refractivity contribution in [3.05, 3.63) is 59.4 Å². The molecule has 0 saturated heterocycles. The van der Waals surface area contributed by atoms with Crippen LogP contribution in [-0.2, 0) is 17.8 Å². The standard InChI is InChI=1S/C17H16FNO2/c1-21-14-8-5-12(6-9-14)11-19-16(20)10-7-13-3-2-4-15(18)17(13)19/h2-6,8-9H,7,10-11H2,1H3. The predicted molar refractivity (Wildman–Crippen MR) is 78.9 cm³/mol. The van der Waals surface area contributed by atoms with Crippen LogP contribution in [0.5, 0.6) is 5.75 Å². The molecule has 0 atom stereocenters. The predicted octanol–water partition coefficient (Wildman–Crippen LogP) is 3.31. The fourth-order valence-electron chi connectivity index (χ4n) is 2.65. The number of benzene rings is 2. The van der Waals surface area contributed by atoms with Gasteiger partial charge in [-0.05, 0) is 35.7 Å². The van der Waals surface area contributed by atoms with Crippen LogP contribution < -0.4 is 9.64 Å². The molecular formula is C17H16FNO2. The van der Waals surface area contributed by atoms with E-state index in [1.54, 1.807) is 13.2 Å². The van der Waals surface area contributed by atoms with Gasteiger partial charge in [-0.25, -0.2) is 4.39 Å². The summed E-state index contributed by atoms with van der Waals surface area (Å²) >= 11 is 0. The van der Waals surface area contributed by atoms with Gasteiger partial charge in [0, 0.05) is 6.42 Å². The maximum Gasteiger partial charge on any atom is 0.227 e. The smallest absolute Gasteiger partial charge is 0.227 e. The summed E-state index contributed by atoms with van der Waals surface area (Å²) in [6.45, 7) is 0.372. The number of carbonyl (C=O) groups excluding carboxylic acids is 1. The highest BCUT2D eigenvalue weighted by atomic mass is 19.1. The monoisotopic (exact) mass is 285 g/mol. The summed E-state index contributed by atoms with van der Waals surface area (Å²) in [7, 11) is 1.61. The molecule has 0 saturated carbocycles. The molecule has 108 valence electrons. The maximum absolute atomic E-state index is 14.1. The van der Waals surface area contributed by atoms with Crippen LogP contribution in [0.15, 0.2) is 42.5 Å². The molecule has 0 spiro atoms. The Morgan fingerprint density at radius 1 is 1.14 bits per heavy atom. The molecule has 0 bridgehead atoms. The van der Waals surface area contributed by atoms with E-state index in [9.17, 15) is 9.18 Å². The van der Waals surface area contributed by atoms with E-state index in [4.69, 9.17) is 4.74 Å². The van der Waals surface area contributed by atoms with Gasteiger partial charge in [0.2, 0.25) is 5.91 Å². The van der Waals surface area contributed by atoms with E-state index in [1.165, 1.54) is 11.0 Å². The van der Waals surface area contributed by atoms with E-state index in [-0.39, 0.29) is 11.7 Å². The molecule has 1 heterocycles. The Balaban J connectivity index is 1.92. The second-order valence-electron chi connectivity index (χ2n) is 5.08. The fraction of sp³-hybridized carbons (Fsp3) is 0.235. The molecule has 0 aromatic heterocycles. The van der Waals surface area contributed by atoms with Crippen molar-refractivity contribution in [2.75, 3.05) is 12.0 Å². The lowest BCUT2D eigenvalue weighted by Gasteiger charge is -2.29. The average molecular weight is 285 g/mol. The number of methoxy groups -OCH3 is 1. The number of anilines is 1. The van der Waals surface area contributed by atoms with Crippen LogP contribution in [0.1, 0.15) is 17.5 Å². The second-order valence-corrected chi connectivity index (χ2v) is 5.08. The zero-order valence-electron chi connectivity index (χ0n) is 11.8. The van der Waals surface area contributed by atoms with E-state index >= 15 is 0 Å². The highest BCUT2D eigenvalue weighted by Gasteiger charge is 2.26. The highest BCUT2D eigenvalue weighted by molar-refractivity contribution is 5.96. The number of ether oxygens (including phenoxy) is 1. The van der Waals surface area contributed by atoms with Gasteiger partial charge in [0.25, 0.3) is 0 Å². The molecule has 21 heavy (non-hydrogen) atoms. The summed E-state index contributed by atoms with van der Waals surface area (Å²) in [5.41, 5.74) is 2.26. The van der Waals surface area contributed by atoms with Crippen LogP contribution in [0.3, 0.4) is 0 Å². The summed E-state index contributed by atoms with van der Waals surface area (Å²) in [6, 6.07) is 12.4. The minimum absolute atomic E-state index is 0.0385. The zero-order chi connectivity index (χ0) is 14.8. The van der Waals surface area contributed by atoms with Gasteiger partial charge in [-0.2, -0.15) is 0 Å². The molecule has 0 radical (unpaired) electrons. The van der Waals surface area contributed by atoms with Gasteiger partial charge in [0.15, 0.2) is 0 Å². The minimum Gasteiger partial charge on any atom is -0.497 e. The molecule has 0 fully saturated rings. The minimum atomic E-state index is -0.339. The van der Waals surface area contributed by atoms with Crippen molar-refractivity contribution in [1.82, 2.24) is 0 Å². The van der Waals surface area contributed by atoms with Crippen LogP contribution in [0.25, 0.3) is 0 Å². The van der Waals surface area contributed by atoms with E-state index in [0.29, 0.717) is 25.1 Å². The van der Waals surface area contributed by atoms with Crippen molar-refractivity contribution < 1.29 is 13.9 Å². The number of hydrogen-bond donors (Lipinski definition) is 0. The molecule has 1 amide bonds. The van der Waals surface area contributed by atoms with Gasteiger partial charge in [0.1, 0.15) is 11.6 Å².